The van der Waals surface area contributed by atoms with Crippen LogP contribution in [0.1, 0.15) is 32.6 Å². The topological polar surface area (TPSA) is 69.6 Å². The number of nitrogens with zero attached hydrogens (tertiary/aromatic N) is 1. The zero-order valence-corrected chi connectivity index (χ0v) is 10.2. The van der Waals surface area contributed by atoms with Gasteiger partial charge in [-0.2, -0.15) is 0 Å². The standard InChI is InChI=1S/C12H20N2O3/c1-8(15)13-10-4-6-14(7-5-10)11(12(16)17)9-2-3-9/h9-11H,2-7H2,1H3,(H,13,15)(H,16,17). The average Bonchev–Trinajstić information content (AvgIpc) is 3.04. The van der Waals surface area contributed by atoms with Gasteiger partial charge in [-0.25, -0.2) is 0 Å². The number of carboxylic acids is 1. The van der Waals surface area contributed by atoms with Gasteiger partial charge in [-0.05, 0) is 31.6 Å². The van der Waals surface area contributed by atoms with E-state index in [2.05, 4.69) is 10.2 Å². The summed E-state index contributed by atoms with van der Waals surface area (Å²) in [4.78, 5) is 24.2. The van der Waals surface area contributed by atoms with E-state index in [1.54, 1.807) is 0 Å². The van der Waals surface area contributed by atoms with E-state index < -0.39 is 5.97 Å². The lowest BCUT2D eigenvalue weighted by molar-refractivity contribution is -0.145. The van der Waals surface area contributed by atoms with Crippen LogP contribution < -0.4 is 5.32 Å². The van der Waals surface area contributed by atoms with Crippen LogP contribution in [0.15, 0.2) is 0 Å². The summed E-state index contributed by atoms with van der Waals surface area (Å²) in [6, 6.07) is -0.0781. The number of nitrogens with one attached hydrogen (secondary N) is 1. The third-order valence-electron chi connectivity index (χ3n) is 3.65. The van der Waals surface area contributed by atoms with Crippen molar-refractivity contribution in [2.45, 2.75) is 44.7 Å². The van der Waals surface area contributed by atoms with Crippen molar-refractivity contribution >= 4 is 11.9 Å². The average molecular weight is 240 g/mol. The second kappa shape index (κ2) is 5.04. The van der Waals surface area contributed by atoms with Crippen LogP contribution in [0.3, 0.4) is 0 Å². The highest BCUT2D eigenvalue weighted by Gasteiger charge is 2.41. The Bertz CT molecular complexity index is 307. The molecule has 5 nitrogen and oxygen atoms in total. The van der Waals surface area contributed by atoms with Crippen LogP contribution in [-0.2, 0) is 9.59 Å². The fraction of sp³-hybridized carbons (Fsp3) is 0.833. The molecule has 1 unspecified atom stereocenters. The van der Waals surface area contributed by atoms with E-state index in [-0.39, 0.29) is 18.0 Å². The Hall–Kier alpha value is -1.10. The van der Waals surface area contributed by atoms with Gasteiger partial charge in [0.1, 0.15) is 6.04 Å². The smallest absolute Gasteiger partial charge is 0.321 e. The number of rotatable bonds is 4. The van der Waals surface area contributed by atoms with Crippen LogP contribution in [-0.4, -0.2) is 47.1 Å². The minimum Gasteiger partial charge on any atom is -0.480 e. The molecule has 1 amide bonds. The lowest BCUT2D eigenvalue weighted by Gasteiger charge is -2.35. The number of carbonyl (C=O) groups is 2. The Kier molecular flexibility index (Phi) is 3.66. The second-order valence-corrected chi connectivity index (χ2v) is 5.13. The third-order valence-corrected chi connectivity index (χ3v) is 3.65. The molecule has 1 atom stereocenters. The minimum absolute atomic E-state index is 0.000396. The maximum Gasteiger partial charge on any atom is 0.321 e. The molecule has 1 saturated carbocycles. The van der Waals surface area contributed by atoms with Crippen molar-refractivity contribution in [1.29, 1.82) is 0 Å². The van der Waals surface area contributed by atoms with Gasteiger partial charge >= 0.3 is 5.97 Å². The first-order valence-electron chi connectivity index (χ1n) is 6.32. The van der Waals surface area contributed by atoms with Crippen LogP contribution in [0.2, 0.25) is 0 Å². The zero-order chi connectivity index (χ0) is 12.4. The van der Waals surface area contributed by atoms with E-state index in [0.29, 0.717) is 5.92 Å². The summed E-state index contributed by atoms with van der Waals surface area (Å²) in [5.74, 6) is -0.337. The van der Waals surface area contributed by atoms with Gasteiger partial charge in [0, 0.05) is 26.1 Å². The van der Waals surface area contributed by atoms with E-state index in [1.165, 1.54) is 6.92 Å². The van der Waals surface area contributed by atoms with Crippen molar-refractivity contribution in [2.75, 3.05) is 13.1 Å². The monoisotopic (exact) mass is 240 g/mol. The fourth-order valence-electron chi connectivity index (χ4n) is 2.68. The van der Waals surface area contributed by atoms with Crippen molar-refractivity contribution in [2.24, 2.45) is 5.92 Å². The summed E-state index contributed by atoms with van der Waals surface area (Å²) in [6.45, 7) is 3.08. The predicted octanol–water partition coefficient (Wildman–Crippen LogP) is 0.450. The molecular weight excluding hydrogens is 220 g/mol. The lowest BCUT2D eigenvalue weighted by atomic mass is 10.0. The van der Waals surface area contributed by atoms with Crippen molar-refractivity contribution in [1.82, 2.24) is 10.2 Å². The Morgan fingerprint density at radius 1 is 1.24 bits per heavy atom. The Balaban J connectivity index is 1.84. The molecule has 5 heteroatoms. The Morgan fingerprint density at radius 2 is 1.82 bits per heavy atom. The Morgan fingerprint density at radius 3 is 2.24 bits per heavy atom. The summed E-state index contributed by atoms with van der Waals surface area (Å²) >= 11 is 0. The molecule has 1 aliphatic heterocycles. The molecule has 0 aromatic heterocycles. The maximum absolute atomic E-state index is 11.2. The van der Waals surface area contributed by atoms with Crippen LogP contribution >= 0.6 is 0 Å². The number of amides is 1. The first-order chi connectivity index (χ1) is 8.08. The SMILES string of the molecule is CC(=O)NC1CCN(C(C(=O)O)C2CC2)CC1. The molecule has 2 fully saturated rings. The van der Waals surface area contributed by atoms with Gasteiger partial charge in [-0.15, -0.1) is 0 Å². The second-order valence-electron chi connectivity index (χ2n) is 5.13. The number of carbonyl (C=O) groups excluding carboxylic acids is 1. The summed E-state index contributed by atoms with van der Waals surface area (Å²) in [6.07, 6.45) is 3.80. The fourth-order valence-corrected chi connectivity index (χ4v) is 2.68. The van der Waals surface area contributed by atoms with Gasteiger partial charge in [0.15, 0.2) is 0 Å². The minimum atomic E-state index is -0.689. The predicted molar refractivity (Wildman–Crippen MR) is 62.6 cm³/mol. The third kappa shape index (κ3) is 3.19. The summed E-state index contributed by atoms with van der Waals surface area (Å²) in [5, 5.41) is 12.1. The molecular formula is C12H20N2O3. The normalized spacial score (nSPS) is 24.3. The highest BCUT2D eigenvalue weighted by atomic mass is 16.4. The number of likely N-dealkylation sites (tertiary alicyclic amines) is 1. The summed E-state index contributed by atoms with van der Waals surface area (Å²) in [5.41, 5.74) is 0. The molecule has 2 rings (SSSR count). The molecule has 0 spiro atoms. The van der Waals surface area contributed by atoms with Crippen molar-refractivity contribution in [3.05, 3.63) is 0 Å². The van der Waals surface area contributed by atoms with E-state index in [4.69, 9.17) is 0 Å². The molecule has 17 heavy (non-hydrogen) atoms. The van der Waals surface area contributed by atoms with Gasteiger partial charge in [-0.3, -0.25) is 14.5 Å². The number of aliphatic carboxylic acids is 1. The van der Waals surface area contributed by atoms with E-state index in [0.717, 1.165) is 38.8 Å². The maximum atomic E-state index is 11.2. The molecule has 0 aromatic carbocycles. The highest BCUT2D eigenvalue weighted by Crippen LogP contribution is 2.36. The highest BCUT2D eigenvalue weighted by molar-refractivity contribution is 5.74. The number of hydrogen-bond donors (Lipinski definition) is 2. The number of piperidine rings is 1. The van der Waals surface area contributed by atoms with E-state index in [1.807, 2.05) is 0 Å². The molecule has 2 aliphatic rings. The number of hydrogen-bond acceptors (Lipinski definition) is 3. The Labute approximate surface area is 101 Å². The molecule has 0 aromatic rings. The van der Waals surface area contributed by atoms with E-state index >= 15 is 0 Å². The van der Waals surface area contributed by atoms with E-state index in [9.17, 15) is 14.7 Å². The quantitative estimate of drug-likeness (QED) is 0.748. The molecule has 0 radical (unpaired) electrons. The van der Waals surface area contributed by atoms with Crippen LogP contribution in [0.5, 0.6) is 0 Å². The molecule has 1 heterocycles. The van der Waals surface area contributed by atoms with Crippen LogP contribution in [0.4, 0.5) is 0 Å². The summed E-state index contributed by atoms with van der Waals surface area (Å²) < 4.78 is 0. The lowest BCUT2D eigenvalue weighted by Crippen LogP contribution is -2.50. The first-order valence-corrected chi connectivity index (χ1v) is 6.32. The summed E-state index contributed by atoms with van der Waals surface area (Å²) in [7, 11) is 0. The van der Waals surface area contributed by atoms with Gasteiger partial charge in [0.2, 0.25) is 5.91 Å². The number of carboxylic acid groups (broad SMARTS) is 1. The molecule has 0 bridgehead atoms. The van der Waals surface area contributed by atoms with Gasteiger partial charge < -0.3 is 10.4 Å². The van der Waals surface area contributed by atoms with Crippen LogP contribution in [0, 0.1) is 5.92 Å². The molecule has 1 saturated heterocycles. The van der Waals surface area contributed by atoms with Crippen LogP contribution in [0.25, 0.3) is 0 Å². The van der Waals surface area contributed by atoms with Gasteiger partial charge in [-0.1, -0.05) is 0 Å². The van der Waals surface area contributed by atoms with Crippen molar-refractivity contribution < 1.29 is 14.7 Å². The van der Waals surface area contributed by atoms with Crippen molar-refractivity contribution in [3.8, 4) is 0 Å². The largest absolute Gasteiger partial charge is 0.480 e. The molecule has 2 N–H and O–H groups in total. The van der Waals surface area contributed by atoms with Gasteiger partial charge in [0.05, 0.1) is 0 Å². The zero-order valence-electron chi connectivity index (χ0n) is 10.2. The molecule has 96 valence electrons. The van der Waals surface area contributed by atoms with Gasteiger partial charge in [0.25, 0.3) is 0 Å². The first kappa shape index (κ1) is 12.4. The van der Waals surface area contributed by atoms with Crippen molar-refractivity contribution in [3.63, 3.8) is 0 Å². The molecule has 1 aliphatic carbocycles.